The summed E-state index contributed by atoms with van der Waals surface area (Å²) in [4.78, 5) is 26.4. The van der Waals surface area contributed by atoms with Crippen molar-refractivity contribution in [3.8, 4) is 11.5 Å². The molecule has 3 heterocycles. The molecule has 296 valence electrons. The number of fused-ring (bicyclic) bond motifs is 4. The average Bonchev–Trinajstić information content (AvgIpc) is 3.71. The first-order valence-electron chi connectivity index (χ1n) is 18.0. The first kappa shape index (κ1) is 39.1. The van der Waals surface area contributed by atoms with E-state index < -0.39 is 84.0 Å². The third kappa shape index (κ3) is 7.10. The summed E-state index contributed by atoms with van der Waals surface area (Å²) in [7, 11) is 3.08. The van der Waals surface area contributed by atoms with Crippen LogP contribution >= 0.6 is 11.8 Å². The van der Waals surface area contributed by atoms with Crippen molar-refractivity contribution in [2.24, 2.45) is 0 Å². The second kappa shape index (κ2) is 15.4. The molecule has 16 heteroatoms. The van der Waals surface area contributed by atoms with E-state index in [1.54, 1.807) is 51.2 Å². The number of ether oxygens (including phenoxy) is 7. The van der Waals surface area contributed by atoms with Gasteiger partial charge < -0.3 is 64.0 Å². The summed E-state index contributed by atoms with van der Waals surface area (Å²) in [6.45, 7) is 6.77. The van der Waals surface area contributed by atoms with Crippen LogP contribution in [0.25, 0.3) is 16.8 Å². The van der Waals surface area contributed by atoms with Crippen molar-refractivity contribution >= 4 is 40.7 Å². The largest absolute Gasteiger partial charge is 0.509 e. The van der Waals surface area contributed by atoms with Gasteiger partial charge in [0.25, 0.3) is 0 Å². The molecule has 2 fully saturated rings. The van der Waals surface area contributed by atoms with Gasteiger partial charge in [-0.05, 0) is 79.7 Å². The number of benzene rings is 3. The Bertz CT molecular complexity index is 2000. The van der Waals surface area contributed by atoms with Crippen LogP contribution in [-0.2, 0) is 28.4 Å². The summed E-state index contributed by atoms with van der Waals surface area (Å²) in [5.41, 5.74) is 2.66. The van der Waals surface area contributed by atoms with Gasteiger partial charge in [0.15, 0.2) is 12.4 Å². The number of hydrogen-bond acceptors (Lipinski definition) is 16. The van der Waals surface area contributed by atoms with Crippen LogP contribution in [-0.4, -0.2) is 113 Å². The standard InChI is InChI=1S/C39H45NO14S/c1-15-11-19(48-6)12-23-20(15)9-10-25(42)29(23)37(46)53-34-33(54-38-30(40-5)32(44)31(43)17(3)50-38)22-8-7-21-24(28(22)35(34)55-18(4)16(2)41)13-26(51-36(21)45)27-14-49-39(47)52-27/h7-13,16-18,27,30-36,38,40-45H,14H2,1-6H3/t16?,17-,18?,27?,30-,31+,32-,33-,34+,35+,36?,38-/m1/s1. The zero-order valence-electron chi connectivity index (χ0n) is 31.0. The van der Waals surface area contributed by atoms with Gasteiger partial charge >= 0.3 is 12.1 Å². The number of thioether (sulfide) groups is 1. The Labute approximate surface area is 321 Å². The first-order chi connectivity index (χ1) is 26.2. The lowest BCUT2D eigenvalue weighted by Gasteiger charge is -2.42. The zero-order chi connectivity index (χ0) is 39.5. The fourth-order valence-electron chi connectivity index (χ4n) is 7.57. The highest BCUT2D eigenvalue weighted by molar-refractivity contribution is 8.00. The molecule has 55 heavy (non-hydrogen) atoms. The number of aromatic hydroxyl groups is 1. The van der Waals surface area contributed by atoms with Crippen LogP contribution in [0.5, 0.6) is 11.5 Å². The SMILES string of the molecule is CN[C@H]1[C@@H](O[C@@H]2c3ccc4c(c3[C@H](SC(C)C(C)O)[C@H]2OC(=O)c2c(O)ccc3c(C)cc(OC)cc23)C=C(C2COC(=O)O2)OC4O)O[C@H](C)[C@H](O)[C@@H]1O. The number of carbonyl (C=O) groups excluding carboxylic acids is 2. The van der Waals surface area contributed by atoms with Gasteiger partial charge in [-0.1, -0.05) is 25.1 Å². The fraction of sp³-hybridized carbons (Fsp3) is 0.487. The van der Waals surface area contributed by atoms with Crippen molar-refractivity contribution in [3.63, 3.8) is 0 Å². The lowest BCUT2D eigenvalue weighted by atomic mass is 9.94. The summed E-state index contributed by atoms with van der Waals surface area (Å²) in [6, 6.07) is 9.02. The average molecular weight is 784 g/mol. The quantitative estimate of drug-likeness (QED) is 0.162. The molecule has 3 aromatic rings. The summed E-state index contributed by atoms with van der Waals surface area (Å²) in [5, 5.41) is 57.7. The van der Waals surface area contributed by atoms with Gasteiger partial charge in [-0.3, -0.25) is 0 Å². The Morgan fingerprint density at radius 3 is 2.45 bits per heavy atom. The number of likely N-dealkylation sites (N-methyl/N-ethyl adjacent to an activating group) is 1. The summed E-state index contributed by atoms with van der Waals surface area (Å²) in [5.74, 6) is -0.602. The van der Waals surface area contributed by atoms with Gasteiger partial charge in [0.05, 0.1) is 30.6 Å². The highest BCUT2D eigenvalue weighted by Crippen LogP contribution is 2.56. The van der Waals surface area contributed by atoms with Crippen LogP contribution < -0.4 is 10.1 Å². The molecule has 0 spiro atoms. The fourth-order valence-corrected chi connectivity index (χ4v) is 9.01. The molecular formula is C39H45NO14S. The van der Waals surface area contributed by atoms with Crippen molar-refractivity contribution in [2.45, 2.75) is 99.5 Å². The lowest BCUT2D eigenvalue weighted by molar-refractivity contribution is -0.281. The highest BCUT2D eigenvalue weighted by Gasteiger charge is 2.52. The maximum Gasteiger partial charge on any atom is 0.509 e. The van der Waals surface area contributed by atoms with Crippen molar-refractivity contribution < 1.29 is 68.3 Å². The molecule has 3 aromatic carbocycles. The number of phenols is 1. The predicted molar refractivity (Wildman–Crippen MR) is 197 cm³/mol. The number of hydrogen-bond donors (Lipinski definition) is 6. The Kier molecular flexibility index (Phi) is 11.0. The molecule has 15 nitrogen and oxygen atoms in total. The molecule has 0 bridgehead atoms. The summed E-state index contributed by atoms with van der Waals surface area (Å²) in [6.07, 6.45) is -9.27. The van der Waals surface area contributed by atoms with Crippen molar-refractivity contribution in [1.29, 1.82) is 0 Å². The maximum absolute atomic E-state index is 14.6. The normalized spacial score (nSPS) is 31.0. The van der Waals surface area contributed by atoms with Crippen LogP contribution in [0, 0.1) is 6.92 Å². The van der Waals surface area contributed by atoms with Crippen LogP contribution in [0.4, 0.5) is 4.79 Å². The molecule has 4 unspecified atom stereocenters. The molecule has 1 aliphatic carbocycles. The predicted octanol–water partition coefficient (Wildman–Crippen LogP) is 3.65. The minimum absolute atomic E-state index is 0.105. The number of cyclic esters (lactones) is 2. The molecular weight excluding hydrogens is 738 g/mol. The van der Waals surface area contributed by atoms with Crippen LogP contribution in [0.15, 0.2) is 42.2 Å². The van der Waals surface area contributed by atoms with Crippen molar-refractivity contribution in [1.82, 2.24) is 5.32 Å². The number of rotatable bonds is 10. The molecule has 0 radical (unpaired) electrons. The molecule has 12 atom stereocenters. The van der Waals surface area contributed by atoms with E-state index in [1.165, 1.54) is 24.9 Å². The number of aliphatic hydroxyl groups excluding tert-OH is 4. The summed E-state index contributed by atoms with van der Waals surface area (Å²) >= 11 is 1.30. The molecule has 0 amide bonds. The number of phenolic OH excluding ortho intramolecular Hbond substituents is 1. The van der Waals surface area contributed by atoms with Crippen LogP contribution in [0.2, 0.25) is 0 Å². The third-order valence-electron chi connectivity index (χ3n) is 10.7. The molecule has 0 saturated carbocycles. The minimum atomic E-state index is -1.47. The molecule has 7 rings (SSSR count). The highest BCUT2D eigenvalue weighted by atomic mass is 32.2. The second-order valence-corrected chi connectivity index (χ2v) is 15.7. The number of nitrogens with one attached hydrogen (secondary N) is 1. The Hall–Kier alpha value is -4.13. The van der Waals surface area contributed by atoms with E-state index in [9.17, 15) is 35.1 Å². The minimum Gasteiger partial charge on any atom is -0.507 e. The summed E-state index contributed by atoms with van der Waals surface area (Å²) < 4.78 is 40.8. The number of carbonyl (C=O) groups is 2. The topological polar surface area (TPSA) is 212 Å². The monoisotopic (exact) mass is 783 g/mol. The first-order valence-corrected chi connectivity index (χ1v) is 18.9. The molecule has 2 saturated heterocycles. The lowest BCUT2D eigenvalue weighted by Crippen LogP contribution is -2.62. The van der Waals surface area contributed by atoms with Crippen LogP contribution in [0.1, 0.15) is 76.6 Å². The zero-order valence-corrected chi connectivity index (χ0v) is 31.8. The number of aliphatic hydroxyl groups is 4. The van der Waals surface area contributed by atoms with E-state index in [-0.39, 0.29) is 23.7 Å². The van der Waals surface area contributed by atoms with Gasteiger partial charge in [-0.25, -0.2) is 9.59 Å². The van der Waals surface area contributed by atoms with Gasteiger partial charge in [0, 0.05) is 16.2 Å². The third-order valence-corrected chi connectivity index (χ3v) is 12.3. The maximum atomic E-state index is 14.6. The second-order valence-electron chi connectivity index (χ2n) is 14.2. The Balaban J connectivity index is 1.39. The van der Waals surface area contributed by atoms with Gasteiger partial charge in [-0.2, -0.15) is 0 Å². The van der Waals surface area contributed by atoms with Gasteiger partial charge in [0.2, 0.25) is 6.29 Å². The Morgan fingerprint density at radius 2 is 1.78 bits per heavy atom. The van der Waals surface area contributed by atoms with Crippen molar-refractivity contribution in [2.75, 3.05) is 20.8 Å². The van der Waals surface area contributed by atoms with E-state index in [0.29, 0.717) is 38.8 Å². The molecule has 4 aliphatic rings. The number of esters is 1. The Morgan fingerprint density at radius 1 is 1.04 bits per heavy atom. The van der Waals surface area contributed by atoms with Crippen LogP contribution in [0.3, 0.4) is 0 Å². The molecule has 3 aliphatic heterocycles. The van der Waals surface area contributed by atoms with E-state index in [2.05, 4.69) is 5.32 Å². The molecule has 0 aromatic heterocycles. The van der Waals surface area contributed by atoms with Crippen molar-refractivity contribution in [3.05, 3.63) is 75.5 Å². The van der Waals surface area contributed by atoms with E-state index in [0.717, 1.165) is 5.56 Å². The van der Waals surface area contributed by atoms with Gasteiger partial charge in [0.1, 0.15) is 53.8 Å². The van der Waals surface area contributed by atoms with E-state index in [1.807, 2.05) is 19.9 Å². The molecule has 6 N–H and O–H groups in total. The van der Waals surface area contributed by atoms with E-state index in [4.69, 9.17) is 33.2 Å². The van der Waals surface area contributed by atoms with E-state index >= 15 is 0 Å². The number of aryl methyl sites for hydroxylation is 1. The number of methoxy groups -OCH3 is 1. The van der Waals surface area contributed by atoms with Gasteiger partial charge in [-0.15, -0.1) is 11.8 Å². The smallest absolute Gasteiger partial charge is 0.507 e.